The third-order valence-electron chi connectivity index (χ3n) is 14.8. The van der Waals surface area contributed by atoms with Gasteiger partial charge >= 0.3 is 5.69 Å². The number of benzene rings is 3. The highest BCUT2D eigenvalue weighted by atomic mass is 19.1. The molecule has 5 heterocycles. The summed E-state index contributed by atoms with van der Waals surface area (Å²) < 4.78 is 28.5. The number of carbonyl (C=O) groups excluding carboxylic acids is 3. The number of hydrogen-bond donors (Lipinski definition) is 4. The summed E-state index contributed by atoms with van der Waals surface area (Å²) in [5, 5.41) is 21.2. The molecule has 5 saturated heterocycles. The van der Waals surface area contributed by atoms with Gasteiger partial charge in [0.1, 0.15) is 22.3 Å². The van der Waals surface area contributed by atoms with E-state index in [9.17, 15) is 39.0 Å². The molecule has 6 fully saturated rings. The van der Waals surface area contributed by atoms with Crippen LogP contribution in [0.15, 0.2) is 72.8 Å². The van der Waals surface area contributed by atoms with E-state index in [2.05, 4.69) is 19.6 Å². The summed E-state index contributed by atoms with van der Waals surface area (Å²) in [4.78, 5) is 67.0. The van der Waals surface area contributed by atoms with Crippen molar-refractivity contribution in [1.82, 2.24) is 14.7 Å². The first-order chi connectivity index (χ1) is 34.1. The number of morpholine rings is 3. The van der Waals surface area contributed by atoms with Crippen molar-refractivity contribution in [2.75, 3.05) is 121 Å². The number of nitrogen functional groups attached to an aromatic ring is 1. The number of ether oxygens (including phenoxy) is 3. The number of nitro benzene ring substituents is 2. The van der Waals surface area contributed by atoms with Gasteiger partial charge in [-0.2, -0.15) is 4.39 Å². The van der Waals surface area contributed by atoms with Crippen molar-refractivity contribution in [2.24, 2.45) is 17.2 Å². The monoisotopic (exact) mass is 992 g/mol. The molecule has 1 aliphatic carbocycles. The maximum Gasteiger partial charge on any atom is 0.304 e. The van der Waals surface area contributed by atoms with E-state index in [1.165, 1.54) is 24.6 Å². The topological polar surface area (TPSA) is 285 Å². The standard InChI is InChI=1S/C16H22N4O4.C16H24N4O2.C11H20N2O2.C6H4FNO2/c17-15(21)16(19-9-11-24-12-10-19)5-7-18(8-6-16)13-3-1-2-4-14(13)20(22)23;17-13-3-1-2-4-14(13)19-7-5-16(6-8-19,15(18)21)20-9-11-22-12-10-20;12-10(14)11(4-2-1-3-5-11)13-6-8-15-9-7-13;7-5-3-1-2-4-6(5)8(9)10/h1-4H,5-12H2,(H2,17,21);1-4H,5-12,17H2,(H2,18,21);1-9H2,(H2,12,14);1-4H. The maximum absolute atomic E-state index is 12.4. The number of para-hydroxylation sites is 5. The molecule has 3 aromatic carbocycles. The van der Waals surface area contributed by atoms with Crippen LogP contribution in [0.1, 0.15) is 57.8 Å². The van der Waals surface area contributed by atoms with Crippen LogP contribution in [0.5, 0.6) is 0 Å². The van der Waals surface area contributed by atoms with Crippen LogP contribution in [0.4, 0.5) is 32.8 Å². The van der Waals surface area contributed by atoms with Gasteiger partial charge in [-0.25, -0.2) is 0 Å². The van der Waals surface area contributed by atoms with Crippen molar-refractivity contribution in [3.63, 3.8) is 0 Å². The summed E-state index contributed by atoms with van der Waals surface area (Å²) >= 11 is 0. The lowest BCUT2D eigenvalue weighted by molar-refractivity contribution is -0.387. The van der Waals surface area contributed by atoms with E-state index >= 15 is 0 Å². The molecule has 0 aromatic heterocycles. The number of amides is 3. The Bertz CT molecular complexity index is 2250. The van der Waals surface area contributed by atoms with Crippen LogP contribution in [0, 0.1) is 26.0 Å². The summed E-state index contributed by atoms with van der Waals surface area (Å²) in [6, 6.07) is 19.6. The van der Waals surface area contributed by atoms with E-state index < -0.39 is 27.5 Å². The van der Waals surface area contributed by atoms with Gasteiger partial charge in [-0.3, -0.25) is 49.3 Å². The summed E-state index contributed by atoms with van der Waals surface area (Å²) in [5.41, 5.74) is 23.7. The van der Waals surface area contributed by atoms with Gasteiger partial charge in [0.2, 0.25) is 23.5 Å². The first-order valence-corrected chi connectivity index (χ1v) is 24.5. The van der Waals surface area contributed by atoms with E-state index in [0.717, 1.165) is 115 Å². The Morgan fingerprint density at radius 2 is 0.817 bits per heavy atom. The van der Waals surface area contributed by atoms with Crippen LogP contribution in [0.25, 0.3) is 0 Å². The summed E-state index contributed by atoms with van der Waals surface area (Å²) in [6.07, 6.45) is 7.95. The van der Waals surface area contributed by atoms with Crippen LogP contribution < -0.4 is 32.7 Å². The highest BCUT2D eigenvalue weighted by Crippen LogP contribution is 2.37. The number of primary amides is 3. The number of nitrogens with two attached hydrogens (primary N) is 4. The molecule has 0 bridgehead atoms. The molecule has 1 saturated carbocycles. The van der Waals surface area contributed by atoms with Crippen LogP contribution in [-0.4, -0.2) is 164 Å². The molecule has 5 aliphatic heterocycles. The molecule has 0 spiro atoms. The minimum Gasteiger partial charge on any atom is -0.397 e. The lowest BCUT2D eigenvalue weighted by Gasteiger charge is -2.48. The minimum atomic E-state index is -0.799. The summed E-state index contributed by atoms with van der Waals surface area (Å²) in [7, 11) is 0. The van der Waals surface area contributed by atoms with Crippen LogP contribution in [-0.2, 0) is 28.6 Å². The van der Waals surface area contributed by atoms with Crippen molar-refractivity contribution in [3.05, 3.63) is 98.8 Å². The number of nitrogens with zero attached hydrogens (tertiary/aromatic N) is 7. The number of anilines is 3. The van der Waals surface area contributed by atoms with Crippen molar-refractivity contribution in [3.8, 4) is 0 Å². The van der Waals surface area contributed by atoms with E-state index in [0.29, 0.717) is 71.1 Å². The Balaban J connectivity index is 0.000000162. The normalized spacial score (nSPS) is 21.3. The van der Waals surface area contributed by atoms with Gasteiger partial charge in [0.25, 0.3) is 5.69 Å². The number of rotatable bonds is 10. The van der Waals surface area contributed by atoms with E-state index in [1.807, 2.05) is 29.2 Å². The van der Waals surface area contributed by atoms with Gasteiger partial charge in [-0.1, -0.05) is 55.7 Å². The van der Waals surface area contributed by atoms with Crippen molar-refractivity contribution < 1.29 is 42.8 Å². The van der Waals surface area contributed by atoms with Gasteiger partial charge in [0.05, 0.1) is 60.9 Å². The lowest BCUT2D eigenvalue weighted by Crippen LogP contribution is -2.64. The van der Waals surface area contributed by atoms with Crippen LogP contribution in [0.3, 0.4) is 0 Å². The molecule has 3 aromatic rings. The Kier molecular flexibility index (Phi) is 19.4. The average Bonchev–Trinajstić information content (AvgIpc) is 3.40. The number of nitro groups is 2. The fourth-order valence-corrected chi connectivity index (χ4v) is 10.8. The Labute approximate surface area is 413 Å². The highest BCUT2D eigenvalue weighted by molar-refractivity contribution is 5.86. The quantitative estimate of drug-likeness (QED) is 0.129. The van der Waals surface area contributed by atoms with E-state index in [-0.39, 0.29) is 33.9 Å². The predicted molar refractivity (Wildman–Crippen MR) is 266 cm³/mol. The molecule has 0 radical (unpaired) electrons. The largest absolute Gasteiger partial charge is 0.397 e. The summed E-state index contributed by atoms with van der Waals surface area (Å²) in [6.45, 7) is 11.3. The zero-order valence-corrected chi connectivity index (χ0v) is 40.5. The fraction of sp³-hybridized carbons (Fsp3) is 0.571. The molecular weight excluding hydrogens is 922 g/mol. The first kappa shape index (κ1) is 54.3. The molecule has 0 unspecified atom stereocenters. The second-order valence-electron chi connectivity index (χ2n) is 18.5. The zero-order valence-electron chi connectivity index (χ0n) is 40.5. The van der Waals surface area contributed by atoms with Crippen molar-refractivity contribution in [1.29, 1.82) is 0 Å². The molecule has 0 atom stereocenters. The molecule has 388 valence electrons. The third kappa shape index (κ3) is 13.1. The molecular formula is C49H70FN11O10. The second kappa shape index (κ2) is 25.4. The molecule has 8 N–H and O–H groups in total. The second-order valence-corrected chi connectivity index (χ2v) is 18.5. The van der Waals surface area contributed by atoms with Gasteiger partial charge in [-0.05, 0) is 62.8 Å². The van der Waals surface area contributed by atoms with Gasteiger partial charge in [-0.15, -0.1) is 0 Å². The average molecular weight is 992 g/mol. The molecule has 71 heavy (non-hydrogen) atoms. The molecule has 6 aliphatic rings. The van der Waals surface area contributed by atoms with Gasteiger partial charge in [0.15, 0.2) is 0 Å². The molecule has 3 amide bonds. The fourth-order valence-electron chi connectivity index (χ4n) is 10.8. The van der Waals surface area contributed by atoms with Crippen molar-refractivity contribution in [2.45, 2.75) is 74.4 Å². The number of piperidine rings is 2. The Morgan fingerprint density at radius 1 is 0.479 bits per heavy atom. The lowest BCUT2D eigenvalue weighted by atomic mass is 9.79. The minimum absolute atomic E-state index is 0.0930. The predicted octanol–water partition coefficient (Wildman–Crippen LogP) is 3.42. The molecule has 22 heteroatoms. The Hall–Kier alpha value is -6.04. The van der Waals surface area contributed by atoms with Gasteiger partial charge in [0, 0.05) is 77.6 Å². The molecule has 9 rings (SSSR count). The number of hydrogen-bond acceptors (Lipinski definition) is 16. The highest BCUT2D eigenvalue weighted by Gasteiger charge is 2.47. The number of halogens is 1. The Morgan fingerprint density at radius 3 is 1.18 bits per heavy atom. The SMILES string of the molecule is NC(=O)C1(N2CCOCC2)CCCCC1.NC(=O)C1(N2CCOCC2)CCN(c2ccccc2N)CC1.NC(=O)C1(N2CCOCC2)CCN(c2ccccc2[N+](=O)[O-])CC1.O=[N+]([O-])c1ccccc1F. The maximum atomic E-state index is 12.4. The van der Waals surface area contributed by atoms with Crippen molar-refractivity contribution >= 4 is 46.2 Å². The van der Waals surface area contributed by atoms with Crippen LogP contribution >= 0.6 is 0 Å². The van der Waals surface area contributed by atoms with Crippen LogP contribution in [0.2, 0.25) is 0 Å². The molecule has 21 nitrogen and oxygen atoms in total. The summed E-state index contributed by atoms with van der Waals surface area (Å²) in [5.74, 6) is -1.46. The smallest absolute Gasteiger partial charge is 0.304 e. The van der Waals surface area contributed by atoms with E-state index in [4.69, 9.17) is 37.1 Å². The first-order valence-electron chi connectivity index (χ1n) is 24.5. The zero-order chi connectivity index (χ0) is 51.0. The van der Waals surface area contributed by atoms with E-state index in [1.54, 1.807) is 18.2 Å². The number of carbonyl (C=O) groups is 3. The third-order valence-corrected chi connectivity index (χ3v) is 14.8. The van der Waals surface area contributed by atoms with Gasteiger partial charge < -0.3 is 46.9 Å².